The Kier molecular flexibility index (Phi) is 7.21. The molecular formula is C18H23NO4S. The van der Waals surface area contributed by atoms with Crippen molar-refractivity contribution in [2.45, 2.75) is 32.6 Å². The molecule has 5 nitrogen and oxygen atoms in total. The maximum absolute atomic E-state index is 12.5. The number of carbonyl (C=O) groups is 1. The lowest BCUT2D eigenvalue weighted by molar-refractivity contribution is 0.182. The smallest absolute Gasteiger partial charge is 0.428 e. The highest BCUT2D eigenvalue weighted by Gasteiger charge is 2.25. The summed E-state index contributed by atoms with van der Waals surface area (Å²) in [6, 6.07) is 13.1. The lowest BCUT2D eigenvalue weighted by Crippen LogP contribution is -2.34. The second-order valence-electron chi connectivity index (χ2n) is 5.36. The van der Waals surface area contributed by atoms with Crippen LogP contribution in [0.3, 0.4) is 0 Å². The van der Waals surface area contributed by atoms with E-state index in [1.165, 1.54) is 7.11 Å². The summed E-state index contributed by atoms with van der Waals surface area (Å²) >= 11 is -1.94. The molecule has 0 fully saturated rings. The summed E-state index contributed by atoms with van der Waals surface area (Å²) in [6.45, 7) is 2.46. The molecule has 0 saturated heterocycles. The van der Waals surface area contributed by atoms with Crippen LogP contribution < -0.4 is 4.31 Å². The first kappa shape index (κ1) is 18.4. The van der Waals surface area contributed by atoms with Crippen LogP contribution in [0.15, 0.2) is 42.5 Å². The first-order chi connectivity index (χ1) is 11.7. The number of rotatable bonds is 8. The van der Waals surface area contributed by atoms with Crippen LogP contribution in [0.4, 0.5) is 10.5 Å². The van der Waals surface area contributed by atoms with Crippen LogP contribution in [-0.4, -0.2) is 24.0 Å². The maximum atomic E-state index is 12.5. The molecule has 0 radical (unpaired) electrons. The lowest BCUT2D eigenvalue weighted by atomic mass is 10.1. The Morgan fingerprint density at radius 3 is 2.58 bits per heavy atom. The molecule has 0 spiro atoms. The lowest BCUT2D eigenvalue weighted by Gasteiger charge is -2.20. The summed E-state index contributed by atoms with van der Waals surface area (Å²) in [7, 11) is 1.26. The third-order valence-electron chi connectivity index (χ3n) is 3.66. The molecule has 0 aliphatic rings. The van der Waals surface area contributed by atoms with Crippen molar-refractivity contribution in [3.05, 3.63) is 42.5 Å². The van der Waals surface area contributed by atoms with E-state index in [1.807, 2.05) is 36.4 Å². The molecule has 0 aromatic heterocycles. The number of carbonyl (C=O) groups excluding carboxylic acids is 1. The third kappa shape index (κ3) is 4.55. The largest absolute Gasteiger partial charge is 0.452 e. The number of hydrogen-bond acceptors (Lipinski definition) is 4. The van der Waals surface area contributed by atoms with Crippen LogP contribution in [0.1, 0.15) is 32.6 Å². The second kappa shape index (κ2) is 9.39. The highest BCUT2D eigenvalue weighted by Crippen LogP contribution is 2.28. The van der Waals surface area contributed by atoms with E-state index < -0.39 is 17.4 Å². The van der Waals surface area contributed by atoms with Gasteiger partial charge in [-0.1, -0.05) is 62.6 Å². The van der Waals surface area contributed by atoms with Crippen molar-refractivity contribution in [1.82, 2.24) is 0 Å². The zero-order chi connectivity index (χ0) is 17.4. The molecule has 0 heterocycles. The molecule has 0 bridgehead atoms. The topological polar surface area (TPSA) is 55.8 Å². The molecule has 1 unspecified atom stereocenters. The van der Waals surface area contributed by atoms with Crippen molar-refractivity contribution in [3.8, 4) is 0 Å². The molecule has 2 aromatic carbocycles. The molecule has 2 rings (SSSR count). The maximum Gasteiger partial charge on any atom is 0.428 e. The number of hydrogen-bond donors (Lipinski definition) is 0. The van der Waals surface area contributed by atoms with Crippen LogP contribution in [-0.2, 0) is 20.2 Å². The highest BCUT2D eigenvalue weighted by atomic mass is 32.2. The van der Waals surface area contributed by atoms with Gasteiger partial charge in [-0.25, -0.2) is 9.00 Å². The van der Waals surface area contributed by atoms with Gasteiger partial charge in [-0.15, -0.1) is 0 Å². The minimum absolute atomic E-state index is 0.338. The Morgan fingerprint density at radius 2 is 1.83 bits per heavy atom. The van der Waals surface area contributed by atoms with Gasteiger partial charge < -0.3 is 4.74 Å². The van der Waals surface area contributed by atoms with Crippen molar-refractivity contribution in [3.63, 3.8) is 0 Å². The number of anilines is 1. The summed E-state index contributed by atoms with van der Waals surface area (Å²) in [6.07, 6.45) is 3.34. The van der Waals surface area contributed by atoms with Crippen LogP contribution in [0.2, 0.25) is 0 Å². The number of fused-ring (bicyclic) bond motifs is 1. The Bertz CT molecular complexity index is 699. The summed E-state index contributed by atoms with van der Waals surface area (Å²) in [5.74, 6) is 0. The van der Waals surface area contributed by atoms with Gasteiger partial charge in [0.2, 0.25) is 0 Å². The highest BCUT2D eigenvalue weighted by molar-refractivity contribution is 7.82. The normalized spacial score (nSPS) is 12.1. The Hall–Kier alpha value is -1.92. The average Bonchev–Trinajstić information content (AvgIpc) is 2.61. The van der Waals surface area contributed by atoms with Crippen LogP contribution in [0.5, 0.6) is 0 Å². The molecule has 1 atom stereocenters. The van der Waals surface area contributed by atoms with Crippen molar-refractivity contribution in [2.24, 2.45) is 0 Å². The first-order valence-corrected chi connectivity index (χ1v) is 9.13. The van der Waals surface area contributed by atoms with Gasteiger partial charge >= 0.3 is 6.09 Å². The van der Waals surface area contributed by atoms with E-state index in [0.29, 0.717) is 12.3 Å². The van der Waals surface area contributed by atoms with Gasteiger partial charge in [-0.2, -0.15) is 4.31 Å². The molecule has 0 N–H and O–H groups in total. The van der Waals surface area contributed by atoms with Crippen molar-refractivity contribution in [2.75, 3.05) is 18.0 Å². The van der Waals surface area contributed by atoms with Gasteiger partial charge in [-0.3, -0.25) is 4.18 Å². The zero-order valence-corrected chi connectivity index (χ0v) is 14.9. The Morgan fingerprint density at radius 1 is 1.08 bits per heavy atom. The molecule has 24 heavy (non-hydrogen) atoms. The quantitative estimate of drug-likeness (QED) is 0.654. The average molecular weight is 349 g/mol. The predicted molar refractivity (Wildman–Crippen MR) is 97.1 cm³/mol. The summed E-state index contributed by atoms with van der Waals surface area (Å²) in [4.78, 5) is 12.2. The van der Waals surface area contributed by atoms with E-state index in [9.17, 15) is 9.00 Å². The van der Waals surface area contributed by atoms with Gasteiger partial charge in [0.25, 0.3) is 11.3 Å². The monoisotopic (exact) mass is 349 g/mol. The third-order valence-corrected chi connectivity index (χ3v) is 4.67. The SMILES string of the molecule is CCCCCCOS(=O)N(C(=O)OC)c1cccc2ccccc12. The summed E-state index contributed by atoms with van der Waals surface area (Å²) in [5, 5.41) is 1.76. The molecule has 2 aromatic rings. The molecule has 0 aliphatic heterocycles. The predicted octanol–water partition coefficient (Wildman–Crippen LogP) is 4.59. The fourth-order valence-corrected chi connectivity index (χ4v) is 3.30. The first-order valence-electron chi connectivity index (χ1n) is 8.10. The van der Waals surface area contributed by atoms with Crippen LogP contribution in [0.25, 0.3) is 10.8 Å². The number of methoxy groups -OCH3 is 1. The zero-order valence-electron chi connectivity index (χ0n) is 14.1. The van der Waals surface area contributed by atoms with Gasteiger partial charge in [0.1, 0.15) is 0 Å². The minimum atomic E-state index is -1.94. The van der Waals surface area contributed by atoms with Crippen molar-refractivity contribution >= 4 is 33.8 Å². The van der Waals surface area contributed by atoms with Gasteiger partial charge in [-0.05, 0) is 17.9 Å². The molecule has 6 heteroatoms. The summed E-state index contributed by atoms with van der Waals surface area (Å²) in [5.41, 5.74) is 0.506. The number of unbranched alkanes of at least 4 members (excludes halogenated alkanes) is 3. The van der Waals surface area contributed by atoms with Gasteiger partial charge in [0, 0.05) is 5.39 Å². The molecular weight excluding hydrogens is 326 g/mol. The van der Waals surface area contributed by atoms with Crippen molar-refractivity contribution in [1.29, 1.82) is 0 Å². The standard InChI is InChI=1S/C18H23NO4S/c1-3-4-5-8-14-23-24(21)19(18(20)22-2)17-13-9-11-15-10-6-7-12-16(15)17/h6-7,9-13H,3-5,8,14H2,1-2H3. The Balaban J connectivity index is 2.21. The fourth-order valence-electron chi connectivity index (χ4n) is 2.42. The second-order valence-corrected chi connectivity index (χ2v) is 6.40. The number of amides is 1. The number of nitrogens with zero attached hydrogens (tertiary/aromatic N) is 1. The fraction of sp³-hybridized carbons (Fsp3) is 0.389. The van der Waals surface area contributed by atoms with E-state index in [1.54, 1.807) is 6.07 Å². The Labute approximate surface area is 145 Å². The molecule has 0 saturated carbocycles. The van der Waals surface area contributed by atoms with Crippen LogP contribution >= 0.6 is 0 Å². The molecule has 130 valence electrons. The number of ether oxygens (including phenoxy) is 1. The van der Waals surface area contributed by atoms with E-state index in [0.717, 1.165) is 40.8 Å². The molecule has 1 amide bonds. The molecule has 0 aliphatic carbocycles. The summed E-state index contributed by atoms with van der Waals surface area (Å²) < 4.78 is 23.8. The number of benzene rings is 2. The van der Waals surface area contributed by atoms with Crippen LogP contribution in [0, 0.1) is 0 Å². The van der Waals surface area contributed by atoms with Gasteiger partial charge in [0.15, 0.2) is 0 Å². The van der Waals surface area contributed by atoms with E-state index in [4.69, 9.17) is 8.92 Å². The van der Waals surface area contributed by atoms with E-state index in [-0.39, 0.29) is 0 Å². The van der Waals surface area contributed by atoms with Crippen molar-refractivity contribution < 1.29 is 17.9 Å². The van der Waals surface area contributed by atoms with E-state index in [2.05, 4.69) is 6.92 Å². The minimum Gasteiger partial charge on any atom is -0.452 e. The van der Waals surface area contributed by atoms with Gasteiger partial charge in [0.05, 0.1) is 19.4 Å². The van der Waals surface area contributed by atoms with E-state index >= 15 is 0 Å².